The molecule has 0 aliphatic carbocycles. The molecule has 0 atom stereocenters. The number of pyridine rings is 1. The van der Waals surface area contributed by atoms with Crippen LogP contribution < -0.4 is 0 Å². The van der Waals surface area contributed by atoms with Gasteiger partial charge in [0.2, 0.25) is 0 Å². The Kier molecular flexibility index (Phi) is 2.12. The summed E-state index contributed by atoms with van der Waals surface area (Å²) in [7, 11) is 0. The Hall–Kier alpha value is -1.57. The molecule has 2 nitrogen and oxygen atoms in total. The number of H-pyrrole nitrogens is 1. The lowest BCUT2D eigenvalue weighted by molar-refractivity contribution is 1.17. The number of aromatic amines is 1. The molecule has 72 valence electrons. The van der Waals surface area contributed by atoms with Crippen LogP contribution in [-0.4, -0.2) is 9.97 Å². The van der Waals surface area contributed by atoms with E-state index in [0.29, 0.717) is 0 Å². The monoisotopic (exact) mass is 186 g/mol. The van der Waals surface area contributed by atoms with E-state index in [1.54, 1.807) is 0 Å². The van der Waals surface area contributed by atoms with E-state index in [1.165, 1.54) is 17.0 Å². The molecule has 0 spiro atoms. The summed E-state index contributed by atoms with van der Waals surface area (Å²) in [6, 6.07) is 8.23. The summed E-state index contributed by atoms with van der Waals surface area (Å²) in [5.74, 6) is 0. The topological polar surface area (TPSA) is 28.7 Å². The highest BCUT2D eigenvalue weighted by atomic mass is 14.8. The molecule has 0 bridgehead atoms. The molecule has 0 aromatic carbocycles. The Morgan fingerprint density at radius 1 is 1.14 bits per heavy atom. The minimum absolute atomic E-state index is 1.05. The van der Waals surface area contributed by atoms with Gasteiger partial charge in [-0.3, -0.25) is 4.98 Å². The van der Waals surface area contributed by atoms with Crippen LogP contribution in [0.5, 0.6) is 0 Å². The maximum absolute atomic E-state index is 4.50. The van der Waals surface area contributed by atoms with Crippen LogP contribution in [0.3, 0.4) is 0 Å². The van der Waals surface area contributed by atoms with Crippen LogP contribution in [0.25, 0.3) is 11.3 Å². The standard InChI is InChI=1S/C12H14N2/c1-8-5-4-6-12(14-8)11-7-9(2)13-10(11)3/h4-7,13H,1-3H3. The SMILES string of the molecule is Cc1cccc(-c2cc(C)[nH]c2C)n1. The molecule has 0 aliphatic heterocycles. The van der Waals surface area contributed by atoms with E-state index in [4.69, 9.17) is 0 Å². The molecule has 0 saturated carbocycles. The van der Waals surface area contributed by atoms with Crippen molar-refractivity contribution in [2.75, 3.05) is 0 Å². The van der Waals surface area contributed by atoms with Gasteiger partial charge in [0, 0.05) is 22.6 Å². The second kappa shape index (κ2) is 3.29. The summed E-state index contributed by atoms with van der Waals surface area (Å²) < 4.78 is 0. The van der Waals surface area contributed by atoms with Crippen molar-refractivity contribution in [1.82, 2.24) is 9.97 Å². The minimum Gasteiger partial charge on any atom is -0.362 e. The maximum atomic E-state index is 4.50. The summed E-state index contributed by atoms with van der Waals surface area (Å²) in [6.07, 6.45) is 0. The zero-order chi connectivity index (χ0) is 10.1. The Bertz CT molecular complexity index is 455. The van der Waals surface area contributed by atoms with Gasteiger partial charge in [-0.2, -0.15) is 0 Å². The molecule has 0 aliphatic rings. The van der Waals surface area contributed by atoms with Crippen molar-refractivity contribution in [3.8, 4) is 11.3 Å². The lowest BCUT2D eigenvalue weighted by Crippen LogP contribution is -1.86. The summed E-state index contributed by atoms with van der Waals surface area (Å²) >= 11 is 0. The van der Waals surface area contributed by atoms with Crippen molar-refractivity contribution < 1.29 is 0 Å². The van der Waals surface area contributed by atoms with Crippen LogP contribution in [0, 0.1) is 20.8 Å². The average Bonchev–Trinajstić information content (AvgIpc) is 2.45. The van der Waals surface area contributed by atoms with Gasteiger partial charge in [0.25, 0.3) is 0 Å². The van der Waals surface area contributed by atoms with Gasteiger partial charge in [0.1, 0.15) is 0 Å². The molecular formula is C12H14N2. The van der Waals surface area contributed by atoms with Gasteiger partial charge in [-0.1, -0.05) is 6.07 Å². The maximum Gasteiger partial charge on any atom is 0.0723 e. The predicted octanol–water partition coefficient (Wildman–Crippen LogP) is 3.00. The number of nitrogens with one attached hydrogen (secondary N) is 1. The summed E-state index contributed by atoms with van der Waals surface area (Å²) in [4.78, 5) is 7.78. The third kappa shape index (κ3) is 1.55. The van der Waals surface area contributed by atoms with Crippen LogP contribution in [0.1, 0.15) is 17.1 Å². The second-order valence-corrected chi connectivity index (χ2v) is 3.66. The summed E-state index contributed by atoms with van der Waals surface area (Å²) in [5, 5.41) is 0. The first-order valence-electron chi connectivity index (χ1n) is 4.77. The molecule has 1 N–H and O–H groups in total. The van der Waals surface area contributed by atoms with Crippen molar-refractivity contribution in [3.63, 3.8) is 0 Å². The number of rotatable bonds is 1. The van der Waals surface area contributed by atoms with Crippen molar-refractivity contribution in [1.29, 1.82) is 0 Å². The van der Waals surface area contributed by atoms with Gasteiger partial charge < -0.3 is 4.98 Å². The van der Waals surface area contributed by atoms with E-state index >= 15 is 0 Å². The number of hydrogen-bond acceptors (Lipinski definition) is 1. The van der Waals surface area contributed by atoms with Crippen molar-refractivity contribution in [3.05, 3.63) is 41.3 Å². The Morgan fingerprint density at radius 2 is 1.93 bits per heavy atom. The fourth-order valence-electron chi connectivity index (χ4n) is 1.68. The van der Waals surface area contributed by atoms with Gasteiger partial charge in [-0.05, 0) is 39.0 Å². The van der Waals surface area contributed by atoms with E-state index < -0.39 is 0 Å². The van der Waals surface area contributed by atoms with Crippen LogP contribution in [-0.2, 0) is 0 Å². The predicted molar refractivity (Wildman–Crippen MR) is 58.2 cm³/mol. The smallest absolute Gasteiger partial charge is 0.0723 e. The van der Waals surface area contributed by atoms with Crippen molar-refractivity contribution in [2.45, 2.75) is 20.8 Å². The molecule has 0 amide bonds. The lowest BCUT2D eigenvalue weighted by atomic mass is 10.1. The van der Waals surface area contributed by atoms with E-state index in [0.717, 1.165) is 11.4 Å². The highest BCUT2D eigenvalue weighted by molar-refractivity contribution is 5.63. The molecule has 2 heteroatoms. The fraction of sp³-hybridized carbons (Fsp3) is 0.250. The third-order valence-electron chi connectivity index (χ3n) is 2.31. The van der Waals surface area contributed by atoms with Crippen LogP contribution >= 0.6 is 0 Å². The average molecular weight is 186 g/mol. The Morgan fingerprint density at radius 3 is 2.50 bits per heavy atom. The minimum atomic E-state index is 1.05. The summed E-state index contributed by atoms with van der Waals surface area (Å²) in [5.41, 5.74) is 5.67. The molecule has 2 aromatic rings. The molecule has 0 saturated heterocycles. The van der Waals surface area contributed by atoms with E-state index in [1.807, 2.05) is 25.1 Å². The van der Waals surface area contributed by atoms with Crippen LogP contribution in [0.15, 0.2) is 24.3 Å². The van der Waals surface area contributed by atoms with Gasteiger partial charge in [-0.15, -0.1) is 0 Å². The van der Waals surface area contributed by atoms with Crippen LogP contribution in [0.4, 0.5) is 0 Å². The zero-order valence-corrected chi connectivity index (χ0v) is 8.76. The van der Waals surface area contributed by atoms with Crippen LogP contribution in [0.2, 0.25) is 0 Å². The number of nitrogens with zero attached hydrogens (tertiary/aromatic N) is 1. The number of hydrogen-bond donors (Lipinski definition) is 1. The third-order valence-corrected chi connectivity index (χ3v) is 2.31. The second-order valence-electron chi connectivity index (χ2n) is 3.66. The zero-order valence-electron chi connectivity index (χ0n) is 8.76. The molecule has 2 heterocycles. The van der Waals surface area contributed by atoms with Gasteiger partial charge in [0.15, 0.2) is 0 Å². The largest absolute Gasteiger partial charge is 0.362 e. The van der Waals surface area contributed by atoms with Crippen molar-refractivity contribution in [2.24, 2.45) is 0 Å². The highest BCUT2D eigenvalue weighted by Crippen LogP contribution is 2.22. The Balaban J connectivity index is 2.54. The van der Waals surface area contributed by atoms with E-state index in [-0.39, 0.29) is 0 Å². The molecule has 0 radical (unpaired) electrons. The van der Waals surface area contributed by atoms with E-state index in [9.17, 15) is 0 Å². The first kappa shape index (κ1) is 9.00. The van der Waals surface area contributed by atoms with Gasteiger partial charge in [0.05, 0.1) is 5.69 Å². The molecule has 0 unspecified atom stereocenters. The molecule has 0 fully saturated rings. The number of aromatic nitrogens is 2. The quantitative estimate of drug-likeness (QED) is 0.728. The first-order valence-corrected chi connectivity index (χ1v) is 4.77. The lowest BCUT2D eigenvalue weighted by Gasteiger charge is -1.99. The summed E-state index contributed by atoms with van der Waals surface area (Å²) in [6.45, 7) is 6.15. The molecular weight excluding hydrogens is 172 g/mol. The van der Waals surface area contributed by atoms with E-state index in [2.05, 4.69) is 29.9 Å². The fourth-order valence-corrected chi connectivity index (χ4v) is 1.68. The molecule has 14 heavy (non-hydrogen) atoms. The number of aryl methyl sites for hydroxylation is 3. The highest BCUT2D eigenvalue weighted by Gasteiger charge is 2.05. The molecule has 2 aromatic heterocycles. The van der Waals surface area contributed by atoms with Gasteiger partial charge in [-0.25, -0.2) is 0 Å². The van der Waals surface area contributed by atoms with Crippen molar-refractivity contribution >= 4 is 0 Å². The normalized spacial score (nSPS) is 10.5. The Labute approximate surface area is 84.0 Å². The first-order chi connectivity index (χ1) is 6.66. The molecule has 2 rings (SSSR count). The van der Waals surface area contributed by atoms with Gasteiger partial charge >= 0.3 is 0 Å².